The quantitative estimate of drug-likeness (QED) is 0.645. The molecule has 0 aliphatic carbocycles. The highest BCUT2D eigenvalue weighted by molar-refractivity contribution is 5.97. The number of piperidine rings is 1. The summed E-state index contributed by atoms with van der Waals surface area (Å²) in [7, 11) is 0. The van der Waals surface area contributed by atoms with Gasteiger partial charge in [-0.15, -0.1) is 0 Å². The number of aliphatic hydroxyl groups is 1. The van der Waals surface area contributed by atoms with Gasteiger partial charge in [0.25, 0.3) is 11.5 Å². The van der Waals surface area contributed by atoms with Crippen LogP contribution in [0.4, 0.5) is 0 Å². The van der Waals surface area contributed by atoms with Crippen molar-refractivity contribution in [1.82, 2.24) is 14.5 Å². The first-order valence-electron chi connectivity index (χ1n) is 11.3. The number of nitrogens with one attached hydrogen (secondary N) is 1. The zero-order chi connectivity index (χ0) is 24.0. The van der Waals surface area contributed by atoms with Gasteiger partial charge in [0.15, 0.2) is 0 Å². The summed E-state index contributed by atoms with van der Waals surface area (Å²) in [5.74, 6) is -0.0216. The van der Waals surface area contributed by atoms with Crippen molar-refractivity contribution in [2.45, 2.75) is 63.2 Å². The van der Waals surface area contributed by atoms with Crippen molar-refractivity contribution in [3.8, 4) is 5.75 Å². The minimum Gasteiger partial charge on any atom is -0.507 e. The Bertz CT molecular complexity index is 1160. The van der Waals surface area contributed by atoms with Crippen molar-refractivity contribution in [1.29, 1.82) is 0 Å². The van der Waals surface area contributed by atoms with E-state index in [1.54, 1.807) is 24.0 Å². The fraction of sp³-hybridized carbons (Fsp3) is 0.542. The van der Waals surface area contributed by atoms with Crippen LogP contribution >= 0.6 is 0 Å². The normalized spacial score (nSPS) is 24.9. The number of hydrogen-bond acceptors (Lipinski definition) is 6. The Kier molecular flexibility index (Phi) is 5.96. The van der Waals surface area contributed by atoms with Crippen molar-refractivity contribution in [3.63, 3.8) is 0 Å². The maximum absolute atomic E-state index is 13.1. The molecule has 2 aromatic rings. The Morgan fingerprint density at radius 1 is 1.21 bits per heavy atom. The second-order valence-corrected chi connectivity index (χ2v) is 9.79. The Morgan fingerprint density at radius 2 is 1.91 bits per heavy atom. The van der Waals surface area contributed by atoms with E-state index in [1.165, 1.54) is 16.8 Å². The van der Waals surface area contributed by atoms with Crippen molar-refractivity contribution in [2.75, 3.05) is 19.7 Å². The Labute approximate surface area is 191 Å². The number of carbonyl (C=O) groups is 1. The second kappa shape index (κ2) is 8.46. The molecule has 2 atom stereocenters. The Balaban J connectivity index is 1.52. The first kappa shape index (κ1) is 23.3. The zero-order valence-electron chi connectivity index (χ0n) is 19.2. The molecule has 1 amide bonds. The van der Waals surface area contributed by atoms with Gasteiger partial charge < -0.3 is 19.8 Å². The lowest BCUT2D eigenvalue weighted by Gasteiger charge is -2.51. The summed E-state index contributed by atoms with van der Waals surface area (Å²) in [6.07, 6.45) is 2.85. The van der Waals surface area contributed by atoms with Gasteiger partial charge in [-0.3, -0.25) is 19.1 Å². The van der Waals surface area contributed by atoms with Crippen LogP contribution in [0.15, 0.2) is 40.1 Å². The third-order valence-corrected chi connectivity index (χ3v) is 7.02. The smallest absolute Gasteiger partial charge is 0.328 e. The minimum atomic E-state index is -1.29. The highest BCUT2D eigenvalue weighted by Crippen LogP contribution is 2.43. The molecular formula is C24H31N3O6. The molecular weight excluding hydrogens is 426 g/mol. The molecule has 2 aliphatic rings. The number of likely N-dealkylation sites (tertiary alicyclic amines) is 1. The summed E-state index contributed by atoms with van der Waals surface area (Å²) in [6, 6.07) is 5.82. The van der Waals surface area contributed by atoms with E-state index in [4.69, 9.17) is 4.74 Å². The molecule has 9 heteroatoms. The van der Waals surface area contributed by atoms with E-state index in [0.29, 0.717) is 37.9 Å². The van der Waals surface area contributed by atoms with Gasteiger partial charge in [-0.2, -0.15) is 0 Å². The number of carbonyl (C=O) groups excluding carboxylic acids is 1. The SMILES string of the molecule is CC(C)c1ccc(O)c(C(=O)N2CCC3(CC2)C[C@H](n2ccc(=O)[nH]c2=O)[C@@](C)(O)CO3)c1. The third-order valence-electron chi connectivity index (χ3n) is 7.02. The number of rotatable bonds is 3. The Hall–Kier alpha value is -2.91. The number of aromatic hydroxyl groups is 1. The van der Waals surface area contributed by atoms with E-state index in [1.807, 2.05) is 19.9 Å². The standard InChI is InChI=1S/C24H31N3O6/c1-15(2)16-4-5-18(28)17(12-16)21(30)26-10-7-24(8-11-26)13-19(23(3,32)14-33-24)27-9-6-20(29)25-22(27)31/h4-6,9,12,15,19,28,32H,7-8,10-11,13-14H2,1-3H3,(H,25,29,31)/t19-,23-/m0/s1. The number of nitrogens with zero attached hydrogens (tertiary/aromatic N) is 2. The topological polar surface area (TPSA) is 125 Å². The number of aromatic nitrogens is 2. The van der Waals surface area contributed by atoms with Gasteiger partial charge in [0.05, 0.1) is 23.8 Å². The summed E-state index contributed by atoms with van der Waals surface area (Å²) < 4.78 is 7.48. The van der Waals surface area contributed by atoms with Crippen molar-refractivity contribution >= 4 is 5.91 Å². The van der Waals surface area contributed by atoms with Crippen LogP contribution < -0.4 is 11.2 Å². The Morgan fingerprint density at radius 3 is 2.55 bits per heavy atom. The van der Waals surface area contributed by atoms with Gasteiger partial charge in [0.2, 0.25) is 0 Å². The molecule has 4 rings (SSSR count). The summed E-state index contributed by atoms with van der Waals surface area (Å²) in [6.45, 7) is 6.58. The number of phenolic OH excluding ortho intramolecular Hbond substituents is 1. The maximum Gasteiger partial charge on any atom is 0.328 e. The summed E-state index contributed by atoms with van der Waals surface area (Å²) >= 11 is 0. The monoisotopic (exact) mass is 457 g/mol. The van der Waals surface area contributed by atoms with Gasteiger partial charge in [-0.1, -0.05) is 19.9 Å². The molecule has 0 saturated carbocycles. The van der Waals surface area contributed by atoms with Gasteiger partial charge >= 0.3 is 5.69 Å². The predicted molar refractivity (Wildman–Crippen MR) is 122 cm³/mol. The van der Waals surface area contributed by atoms with E-state index in [9.17, 15) is 24.6 Å². The number of H-pyrrole nitrogens is 1. The van der Waals surface area contributed by atoms with Crippen molar-refractivity contribution in [3.05, 3.63) is 62.4 Å². The molecule has 1 aromatic heterocycles. The van der Waals surface area contributed by atoms with E-state index in [2.05, 4.69) is 4.98 Å². The number of hydrogen-bond donors (Lipinski definition) is 3. The summed E-state index contributed by atoms with van der Waals surface area (Å²) in [5, 5.41) is 21.2. The molecule has 3 heterocycles. The lowest BCUT2D eigenvalue weighted by atomic mass is 9.77. The third kappa shape index (κ3) is 4.47. The van der Waals surface area contributed by atoms with Gasteiger partial charge in [0, 0.05) is 31.8 Å². The van der Waals surface area contributed by atoms with Crippen LogP contribution in [0.5, 0.6) is 5.75 Å². The van der Waals surface area contributed by atoms with Crippen molar-refractivity contribution in [2.24, 2.45) is 0 Å². The van der Waals surface area contributed by atoms with Crippen LogP contribution in [0.1, 0.15) is 67.9 Å². The summed E-state index contributed by atoms with van der Waals surface area (Å²) in [4.78, 5) is 40.9. The molecule has 0 bridgehead atoms. The molecule has 1 aromatic carbocycles. The average molecular weight is 458 g/mol. The fourth-order valence-electron chi connectivity index (χ4n) is 4.82. The van der Waals surface area contributed by atoms with Crippen LogP contribution in [0, 0.1) is 0 Å². The molecule has 3 N–H and O–H groups in total. The molecule has 178 valence electrons. The van der Waals surface area contributed by atoms with Crippen molar-refractivity contribution < 1.29 is 19.7 Å². The molecule has 33 heavy (non-hydrogen) atoms. The average Bonchev–Trinajstić information content (AvgIpc) is 2.76. The first-order valence-corrected chi connectivity index (χ1v) is 11.3. The summed E-state index contributed by atoms with van der Waals surface area (Å²) in [5.41, 5.74) is -1.67. The second-order valence-electron chi connectivity index (χ2n) is 9.79. The largest absolute Gasteiger partial charge is 0.507 e. The number of phenols is 1. The molecule has 2 fully saturated rings. The van der Waals surface area contributed by atoms with Gasteiger partial charge in [-0.05, 0) is 43.4 Å². The number of ether oxygens (including phenoxy) is 1. The molecule has 9 nitrogen and oxygen atoms in total. The lowest BCUT2D eigenvalue weighted by molar-refractivity contribution is -0.199. The number of aromatic amines is 1. The number of benzene rings is 1. The predicted octanol–water partition coefficient (Wildman–Crippen LogP) is 1.75. The highest BCUT2D eigenvalue weighted by Gasteiger charge is 2.49. The van der Waals surface area contributed by atoms with E-state index >= 15 is 0 Å². The van der Waals surface area contributed by atoms with E-state index in [0.717, 1.165) is 5.56 Å². The molecule has 2 aliphatic heterocycles. The maximum atomic E-state index is 13.1. The van der Waals surface area contributed by atoms with Crippen LogP contribution in [-0.4, -0.2) is 61.5 Å². The minimum absolute atomic E-state index is 0.0350. The molecule has 2 saturated heterocycles. The van der Waals surface area contributed by atoms with E-state index < -0.39 is 28.5 Å². The molecule has 0 radical (unpaired) electrons. The number of amides is 1. The van der Waals surface area contributed by atoms with E-state index in [-0.39, 0.29) is 24.2 Å². The van der Waals surface area contributed by atoms with Gasteiger partial charge in [0.1, 0.15) is 11.4 Å². The van der Waals surface area contributed by atoms with Crippen LogP contribution in [0.2, 0.25) is 0 Å². The van der Waals surface area contributed by atoms with Crippen LogP contribution in [-0.2, 0) is 4.74 Å². The van der Waals surface area contributed by atoms with Crippen LogP contribution in [0.25, 0.3) is 0 Å². The van der Waals surface area contributed by atoms with Gasteiger partial charge in [-0.25, -0.2) is 4.79 Å². The molecule has 0 unspecified atom stereocenters. The lowest BCUT2D eigenvalue weighted by Crippen LogP contribution is -2.58. The van der Waals surface area contributed by atoms with Crippen LogP contribution in [0.3, 0.4) is 0 Å². The molecule has 1 spiro atoms. The highest BCUT2D eigenvalue weighted by atomic mass is 16.5. The first-order chi connectivity index (χ1) is 15.5. The zero-order valence-corrected chi connectivity index (χ0v) is 19.2. The fourth-order valence-corrected chi connectivity index (χ4v) is 4.82.